The second-order valence-corrected chi connectivity index (χ2v) is 9.64. The number of hydrogen-bond donors (Lipinski definition) is 0. The molecule has 12 heteroatoms. The van der Waals surface area contributed by atoms with Crippen LogP contribution in [0.4, 0.5) is 0 Å². The van der Waals surface area contributed by atoms with Crippen molar-refractivity contribution in [3.8, 4) is 71.5 Å². The number of phosphoric ester groups is 1. The van der Waals surface area contributed by atoms with Gasteiger partial charge in [-0.15, -0.1) is 6.42 Å². The van der Waals surface area contributed by atoms with Gasteiger partial charge in [-0.3, -0.25) is 4.79 Å². The summed E-state index contributed by atoms with van der Waals surface area (Å²) in [5, 5.41) is 0. The summed E-state index contributed by atoms with van der Waals surface area (Å²) in [5.74, 6) is 23.5. The predicted molar refractivity (Wildman–Crippen MR) is 181 cm³/mol. The van der Waals surface area contributed by atoms with Gasteiger partial charge in [0.2, 0.25) is 0 Å². The van der Waals surface area contributed by atoms with Gasteiger partial charge in [0, 0.05) is 28.0 Å². The van der Waals surface area contributed by atoms with Crippen LogP contribution in [0.25, 0.3) is 0 Å². The molecular weight excluding hydrogens is 609 g/mol. The van der Waals surface area contributed by atoms with E-state index in [1.165, 1.54) is 51.4 Å². The third kappa shape index (κ3) is 38.7. The van der Waals surface area contributed by atoms with Gasteiger partial charge in [-0.25, -0.2) is 4.79 Å². The van der Waals surface area contributed by atoms with Crippen LogP contribution in [0, 0.1) is 71.5 Å². The molecule has 1 atom stereocenters. The van der Waals surface area contributed by atoms with Crippen molar-refractivity contribution in [2.75, 3.05) is 13.2 Å². The molecule has 0 aromatic rings. The predicted octanol–water partition coefficient (Wildman–Crippen LogP) is -0.145. The largest absolute Gasteiger partial charge is 1.00 e. The standard InChI is InChI=1S/C31H37O8P.2Na.H2S.11H2/c1-3-5-7-9-11-13-15-16-18-20-22-24-26-31(33)39-29(28-38-40(34,35)36)27-37-30(32)25-23-21-19-17-14-12-10-8-6-4-2;;;;;;;;;;;;;;/h2,29H,3,5,7,9,11,13,15-16,18,20,22,24,26-28H2,1H3,(H2,34,35,36);;;1H2;11*1H/q;2*+1;;;;;;;;;;;;/p-2/t29-;;;;;;;;;;;;;;/m1............../s1. The van der Waals surface area contributed by atoms with Gasteiger partial charge in [-0.2, -0.15) is 13.5 Å². The molecule has 0 aromatic heterocycles. The second kappa shape index (κ2) is 35.2. The van der Waals surface area contributed by atoms with E-state index in [1.807, 2.05) is 0 Å². The zero-order chi connectivity index (χ0) is 29.7. The number of terminal acetylenes is 1. The molecular formula is C31H59Na2O8PS. The Hall–Kier alpha value is -1.24. The molecule has 0 aromatic carbocycles. The summed E-state index contributed by atoms with van der Waals surface area (Å²) in [6.07, 6.45) is 17.4. The first-order valence-electron chi connectivity index (χ1n) is 13.3. The second-order valence-electron chi connectivity index (χ2n) is 8.49. The maximum Gasteiger partial charge on any atom is 1.00 e. The van der Waals surface area contributed by atoms with Crippen molar-refractivity contribution < 1.29 is 113 Å². The van der Waals surface area contributed by atoms with E-state index in [4.69, 9.17) is 15.9 Å². The monoisotopic (exact) mass is 668 g/mol. The van der Waals surface area contributed by atoms with Crippen LogP contribution in [-0.4, -0.2) is 31.3 Å². The van der Waals surface area contributed by atoms with Gasteiger partial charge in [-0.1, -0.05) is 77.6 Å². The van der Waals surface area contributed by atoms with Gasteiger partial charge in [0.25, 0.3) is 0 Å². The summed E-state index contributed by atoms with van der Waals surface area (Å²) in [6, 6.07) is 0. The molecule has 0 amide bonds. The molecule has 0 fully saturated rings. The SMILES string of the molecule is C#CC#CC#CC#CC#CC#CC(=O)OC[C@H](COP(=O)([O-])[O-])OC(=O)CCCCCCCCCCCCCC.S.[HH].[HH].[HH].[HH].[HH].[HH].[HH].[HH].[HH].[HH].[HH].[Na+].[Na+]. The van der Waals surface area contributed by atoms with Crippen molar-refractivity contribution in [3.63, 3.8) is 0 Å². The topological polar surface area (TPSA) is 125 Å². The first kappa shape index (κ1) is 48.7. The number of carbonyl (C=O) groups is 2. The maximum absolute atomic E-state index is 12.1. The first-order chi connectivity index (χ1) is 19.3. The molecule has 0 heterocycles. The number of carbonyl (C=O) groups excluding carboxylic acids is 2. The number of ether oxygens (including phenoxy) is 2. The maximum atomic E-state index is 12.1. The molecule has 0 rings (SSSR count). The Bertz CT molecular complexity index is 1220. The minimum Gasteiger partial charge on any atom is -0.790 e. The van der Waals surface area contributed by atoms with Crippen LogP contribution in [-0.2, 0) is 28.2 Å². The third-order valence-corrected chi connectivity index (χ3v) is 5.55. The normalized spacial score (nSPS) is 9.44. The van der Waals surface area contributed by atoms with Crippen LogP contribution >= 0.6 is 21.3 Å². The Labute approximate surface area is 325 Å². The summed E-state index contributed by atoms with van der Waals surface area (Å²) in [6.45, 7) is 0.872. The van der Waals surface area contributed by atoms with E-state index in [9.17, 15) is 23.9 Å². The molecule has 244 valence electrons. The molecule has 0 aliphatic rings. The molecule has 0 unspecified atom stereocenters. The fourth-order valence-corrected chi connectivity index (χ4v) is 3.54. The Balaban J connectivity index is -0.0000000836. The van der Waals surface area contributed by atoms with Crippen molar-refractivity contribution in [1.82, 2.24) is 0 Å². The molecule has 0 aliphatic carbocycles. The Morgan fingerprint density at radius 1 is 0.744 bits per heavy atom. The van der Waals surface area contributed by atoms with E-state index in [0.717, 1.165) is 19.3 Å². The molecule has 0 aliphatic heterocycles. The Morgan fingerprint density at radius 3 is 1.65 bits per heavy atom. The quantitative estimate of drug-likeness (QED) is 0.0465. The van der Waals surface area contributed by atoms with Gasteiger partial charge >= 0.3 is 71.1 Å². The van der Waals surface area contributed by atoms with Gasteiger partial charge in [0.15, 0.2) is 6.10 Å². The van der Waals surface area contributed by atoms with Gasteiger partial charge in [0.05, 0.1) is 14.4 Å². The molecule has 8 nitrogen and oxygen atoms in total. The molecule has 0 saturated heterocycles. The average Bonchev–Trinajstić information content (AvgIpc) is 2.91. The summed E-state index contributed by atoms with van der Waals surface area (Å²) >= 11 is 0. The Morgan fingerprint density at radius 2 is 1.19 bits per heavy atom. The van der Waals surface area contributed by atoms with Crippen molar-refractivity contribution in [2.45, 2.75) is 96.5 Å². The summed E-state index contributed by atoms with van der Waals surface area (Å²) in [4.78, 5) is 45.5. The minimum atomic E-state index is -5.32. The van der Waals surface area contributed by atoms with Gasteiger partial charge in [-0.05, 0) is 65.6 Å². The zero-order valence-electron chi connectivity index (χ0n) is 25.5. The fourth-order valence-electron chi connectivity index (χ4n) is 3.19. The number of phosphoric acid groups is 1. The molecule has 0 bridgehead atoms. The van der Waals surface area contributed by atoms with Crippen molar-refractivity contribution in [1.29, 1.82) is 0 Å². The average molecular weight is 669 g/mol. The number of hydrogen-bond acceptors (Lipinski definition) is 8. The van der Waals surface area contributed by atoms with Crippen molar-refractivity contribution in [2.24, 2.45) is 0 Å². The van der Waals surface area contributed by atoms with E-state index in [2.05, 4.69) is 76.6 Å². The number of esters is 2. The minimum absolute atomic E-state index is 0. The zero-order valence-corrected chi connectivity index (χ0v) is 31.4. The van der Waals surface area contributed by atoms with Gasteiger partial charge in [0.1, 0.15) is 6.61 Å². The smallest absolute Gasteiger partial charge is 0.790 e. The third-order valence-electron chi connectivity index (χ3n) is 5.09. The van der Waals surface area contributed by atoms with E-state index in [0.29, 0.717) is 6.42 Å². The van der Waals surface area contributed by atoms with E-state index in [-0.39, 0.29) is 94.7 Å². The van der Waals surface area contributed by atoms with Crippen LogP contribution in [0.3, 0.4) is 0 Å². The van der Waals surface area contributed by atoms with Crippen molar-refractivity contribution in [3.05, 3.63) is 0 Å². The first-order valence-corrected chi connectivity index (χ1v) is 14.7. The molecule has 43 heavy (non-hydrogen) atoms. The van der Waals surface area contributed by atoms with Crippen LogP contribution in [0.5, 0.6) is 0 Å². The van der Waals surface area contributed by atoms with Crippen LogP contribution in [0.15, 0.2) is 0 Å². The molecule has 0 saturated carbocycles. The van der Waals surface area contributed by atoms with Crippen LogP contribution in [0.1, 0.15) is 106 Å². The number of rotatable bonds is 19. The van der Waals surface area contributed by atoms with E-state index < -0.39 is 39.1 Å². The van der Waals surface area contributed by atoms with Crippen LogP contribution in [0.2, 0.25) is 0 Å². The van der Waals surface area contributed by atoms with Gasteiger partial charge < -0.3 is 28.3 Å². The van der Waals surface area contributed by atoms with Crippen molar-refractivity contribution >= 4 is 33.3 Å². The fraction of sp³-hybridized carbons (Fsp3) is 0.548. The van der Waals surface area contributed by atoms with E-state index >= 15 is 0 Å². The summed E-state index contributed by atoms with van der Waals surface area (Å²) in [7, 11) is -5.32. The number of unbranched alkanes of at least 4 members (excludes halogenated alkanes) is 11. The van der Waals surface area contributed by atoms with Crippen LogP contribution < -0.4 is 68.9 Å². The Kier molecular flexibility index (Phi) is 39.9. The molecule has 0 radical (unpaired) electrons. The molecule has 0 N–H and O–H groups in total. The molecule has 0 spiro atoms. The van der Waals surface area contributed by atoms with E-state index in [1.54, 1.807) is 0 Å². The summed E-state index contributed by atoms with van der Waals surface area (Å²) < 4.78 is 25.0. The summed E-state index contributed by atoms with van der Waals surface area (Å²) in [5.41, 5.74) is 0.